The highest BCUT2D eigenvalue weighted by Gasteiger charge is 2.28. The topological polar surface area (TPSA) is 70.6 Å². The SMILES string of the molecule is CCc1ccc(CCNC(=NC)NC2CCS(=O)(=O)C2)cc1. The fraction of sp³-hybridized carbons (Fsp3) is 0.562. The van der Waals surface area contributed by atoms with Crippen LogP contribution in [0.15, 0.2) is 29.3 Å². The zero-order valence-corrected chi connectivity index (χ0v) is 14.1. The highest BCUT2D eigenvalue weighted by Crippen LogP contribution is 2.11. The van der Waals surface area contributed by atoms with Crippen molar-refractivity contribution in [2.45, 2.75) is 32.2 Å². The number of rotatable bonds is 5. The molecule has 1 saturated heterocycles. The molecule has 1 aromatic carbocycles. The minimum absolute atomic E-state index is 0.0277. The third-order valence-corrected chi connectivity index (χ3v) is 5.70. The maximum absolute atomic E-state index is 11.5. The molecule has 0 aromatic heterocycles. The van der Waals surface area contributed by atoms with Crippen LogP contribution in [0.25, 0.3) is 0 Å². The molecule has 2 N–H and O–H groups in total. The van der Waals surface area contributed by atoms with Crippen molar-refractivity contribution in [3.63, 3.8) is 0 Å². The van der Waals surface area contributed by atoms with Crippen LogP contribution in [0, 0.1) is 0 Å². The summed E-state index contributed by atoms with van der Waals surface area (Å²) in [4.78, 5) is 4.16. The zero-order chi connectivity index (χ0) is 16.0. The summed E-state index contributed by atoms with van der Waals surface area (Å²) in [6, 6.07) is 8.60. The van der Waals surface area contributed by atoms with E-state index in [0.717, 1.165) is 19.4 Å². The third-order valence-electron chi connectivity index (χ3n) is 3.93. The Bertz CT molecular complexity index is 609. The van der Waals surface area contributed by atoms with Gasteiger partial charge in [0.2, 0.25) is 0 Å². The van der Waals surface area contributed by atoms with Crippen molar-refractivity contribution < 1.29 is 8.42 Å². The Labute approximate surface area is 133 Å². The molecule has 22 heavy (non-hydrogen) atoms. The highest BCUT2D eigenvalue weighted by molar-refractivity contribution is 7.91. The molecule has 0 spiro atoms. The monoisotopic (exact) mass is 323 g/mol. The summed E-state index contributed by atoms with van der Waals surface area (Å²) in [5.74, 6) is 1.14. The first-order chi connectivity index (χ1) is 10.5. The largest absolute Gasteiger partial charge is 0.356 e. The van der Waals surface area contributed by atoms with E-state index < -0.39 is 9.84 Å². The van der Waals surface area contributed by atoms with Gasteiger partial charge in [-0.15, -0.1) is 0 Å². The van der Waals surface area contributed by atoms with Gasteiger partial charge in [0.25, 0.3) is 0 Å². The fourth-order valence-electron chi connectivity index (χ4n) is 2.56. The Morgan fingerprint density at radius 1 is 1.27 bits per heavy atom. The normalized spacial score (nSPS) is 20.8. The van der Waals surface area contributed by atoms with Crippen molar-refractivity contribution in [3.05, 3.63) is 35.4 Å². The van der Waals surface area contributed by atoms with E-state index in [4.69, 9.17) is 0 Å². The second-order valence-corrected chi connectivity index (χ2v) is 7.89. The average molecular weight is 323 g/mol. The summed E-state index contributed by atoms with van der Waals surface area (Å²) >= 11 is 0. The van der Waals surface area contributed by atoms with Crippen LogP contribution in [0.4, 0.5) is 0 Å². The van der Waals surface area contributed by atoms with E-state index in [-0.39, 0.29) is 17.5 Å². The number of nitrogens with one attached hydrogen (secondary N) is 2. The Morgan fingerprint density at radius 2 is 1.95 bits per heavy atom. The molecule has 1 atom stereocenters. The van der Waals surface area contributed by atoms with Crippen molar-refractivity contribution in [1.29, 1.82) is 0 Å². The number of benzene rings is 1. The van der Waals surface area contributed by atoms with E-state index in [1.807, 2.05) is 0 Å². The van der Waals surface area contributed by atoms with E-state index in [1.54, 1.807) is 7.05 Å². The number of sulfone groups is 1. The van der Waals surface area contributed by atoms with Gasteiger partial charge in [-0.2, -0.15) is 0 Å². The average Bonchev–Trinajstić information content (AvgIpc) is 2.85. The Morgan fingerprint density at radius 3 is 2.50 bits per heavy atom. The lowest BCUT2D eigenvalue weighted by atomic mass is 10.1. The maximum atomic E-state index is 11.5. The van der Waals surface area contributed by atoms with Gasteiger partial charge in [-0.05, 0) is 30.4 Å². The molecule has 1 aliphatic rings. The maximum Gasteiger partial charge on any atom is 0.191 e. The summed E-state index contributed by atoms with van der Waals surface area (Å²) in [7, 11) is -1.16. The molecule has 0 saturated carbocycles. The molecular weight excluding hydrogens is 298 g/mol. The van der Waals surface area contributed by atoms with Crippen molar-refractivity contribution in [2.75, 3.05) is 25.1 Å². The summed E-state index contributed by atoms with van der Waals surface area (Å²) in [6.45, 7) is 2.92. The van der Waals surface area contributed by atoms with Crippen LogP contribution >= 0.6 is 0 Å². The summed E-state index contributed by atoms with van der Waals surface area (Å²) < 4.78 is 22.9. The van der Waals surface area contributed by atoms with Gasteiger partial charge in [-0.3, -0.25) is 4.99 Å². The quantitative estimate of drug-likeness (QED) is 0.630. The van der Waals surface area contributed by atoms with E-state index >= 15 is 0 Å². The number of hydrogen-bond donors (Lipinski definition) is 2. The number of nitrogens with zero attached hydrogens (tertiary/aromatic N) is 1. The molecule has 6 heteroatoms. The van der Waals surface area contributed by atoms with E-state index in [1.165, 1.54) is 11.1 Å². The standard InChI is InChI=1S/C16H25N3O2S/c1-3-13-4-6-14(7-5-13)8-10-18-16(17-2)19-15-9-11-22(20,21)12-15/h4-7,15H,3,8-12H2,1-2H3,(H2,17,18,19). The molecule has 0 bridgehead atoms. The van der Waals surface area contributed by atoms with Crippen molar-refractivity contribution >= 4 is 15.8 Å². The highest BCUT2D eigenvalue weighted by atomic mass is 32.2. The molecular formula is C16H25N3O2S. The number of hydrogen-bond acceptors (Lipinski definition) is 3. The molecule has 1 aliphatic heterocycles. The Kier molecular flexibility index (Phi) is 5.83. The molecule has 0 aliphatic carbocycles. The molecule has 5 nitrogen and oxygen atoms in total. The first-order valence-corrected chi connectivity index (χ1v) is 9.60. The second-order valence-electron chi connectivity index (χ2n) is 5.66. The van der Waals surface area contributed by atoms with Crippen LogP contribution in [0.5, 0.6) is 0 Å². The summed E-state index contributed by atoms with van der Waals surface area (Å²) in [6.07, 6.45) is 2.62. The van der Waals surface area contributed by atoms with Gasteiger partial charge < -0.3 is 10.6 Å². The lowest BCUT2D eigenvalue weighted by Gasteiger charge is -2.16. The fourth-order valence-corrected chi connectivity index (χ4v) is 4.24. The van der Waals surface area contributed by atoms with Gasteiger partial charge in [0.15, 0.2) is 15.8 Å². The Balaban J connectivity index is 1.76. The summed E-state index contributed by atoms with van der Waals surface area (Å²) in [5, 5.41) is 6.43. The zero-order valence-electron chi connectivity index (χ0n) is 13.3. The first kappa shape index (κ1) is 16.8. The van der Waals surface area contributed by atoms with E-state index in [2.05, 4.69) is 46.8 Å². The first-order valence-electron chi connectivity index (χ1n) is 7.78. The molecule has 1 aromatic rings. The van der Waals surface area contributed by atoms with Gasteiger partial charge in [0, 0.05) is 19.6 Å². The second kappa shape index (κ2) is 7.63. The van der Waals surface area contributed by atoms with Gasteiger partial charge in [-0.1, -0.05) is 31.2 Å². The number of aliphatic imine (C=N–C) groups is 1. The van der Waals surface area contributed by atoms with Crippen molar-refractivity contribution in [1.82, 2.24) is 10.6 Å². The van der Waals surface area contributed by atoms with Crippen LogP contribution in [-0.4, -0.2) is 45.5 Å². The van der Waals surface area contributed by atoms with Crippen molar-refractivity contribution in [2.24, 2.45) is 4.99 Å². The van der Waals surface area contributed by atoms with E-state index in [9.17, 15) is 8.42 Å². The van der Waals surface area contributed by atoms with Crippen LogP contribution in [0.2, 0.25) is 0 Å². The molecule has 1 unspecified atom stereocenters. The van der Waals surface area contributed by atoms with Gasteiger partial charge >= 0.3 is 0 Å². The predicted molar refractivity (Wildman–Crippen MR) is 91.1 cm³/mol. The molecule has 0 radical (unpaired) electrons. The molecule has 122 valence electrons. The third kappa shape index (κ3) is 5.02. The van der Waals surface area contributed by atoms with Gasteiger partial charge in [0.05, 0.1) is 11.5 Å². The van der Waals surface area contributed by atoms with Crippen LogP contribution in [0.3, 0.4) is 0 Å². The smallest absolute Gasteiger partial charge is 0.191 e. The molecule has 1 fully saturated rings. The molecule has 1 heterocycles. The van der Waals surface area contributed by atoms with Gasteiger partial charge in [-0.25, -0.2) is 8.42 Å². The lowest BCUT2D eigenvalue weighted by molar-refractivity contribution is 0.599. The minimum atomic E-state index is -2.86. The number of guanidine groups is 1. The lowest BCUT2D eigenvalue weighted by Crippen LogP contribution is -2.44. The molecule has 0 amide bonds. The molecule has 2 rings (SSSR count). The van der Waals surface area contributed by atoms with Crippen LogP contribution < -0.4 is 10.6 Å². The van der Waals surface area contributed by atoms with Gasteiger partial charge in [0.1, 0.15) is 0 Å². The Hall–Kier alpha value is -1.56. The van der Waals surface area contributed by atoms with Crippen LogP contribution in [-0.2, 0) is 22.7 Å². The van der Waals surface area contributed by atoms with Crippen molar-refractivity contribution in [3.8, 4) is 0 Å². The predicted octanol–water partition coefficient (Wildman–Crippen LogP) is 1.14. The number of aryl methyl sites for hydroxylation is 1. The minimum Gasteiger partial charge on any atom is -0.356 e. The van der Waals surface area contributed by atoms with Crippen LogP contribution in [0.1, 0.15) is 24.5 Å². The van der Waals surface area contributed by atoms with E-state index in [0.29, 0.717) is 12.4 Å². The summed E-state index contributed by atoms with van der Waals surface area (Å²) in [5.41, 5.74) is 2.63.